The van der Waals surface area contributed by atoms with Gasteiger partial charge in [0.1, 0.15) is 5.02 Å². The van der Waals surface area contributed by atoms with Gasteiger partial charge >= 0.3 is 30.0 Å². The summed E-state index contributed by atoms with van der Waals surface area (Å²) in [7, 11) is 0. The second kappa shape index (κ2) is 13.0. The predicted octanol–water partition coefficient (Wildman–Crippen LogP) is 5.17. The molecule has 2 aliphatic rings. The first-order valence-corrected chi connectivity index (χ1v) is 13.3. The number of Topliss-reactive ketones (excluding diaryl/α,β-unsaturated/α-hetero) is 2. The van der Waals surface area contributed by atoms with Gasteiger partial charge in [0.25, 0.3) is 0 Å². The van der Waals surface area contributed by atoms with E-state index in [1.165, 1.54) is 16.8 Å². The second-order valence-corrected chi connectivity index (χ2v) is 10.1. The number of aryl methyl sites for hydroxylation is 2. The van der Waals surface area contributed by atoms with Gasteiger partial charge in [0.05, 0.1) is 6.20 Å². The van der Waals surface area contributed by atoms with Gasteiger partial charge in [-0.2, -0.15) is 31.3 Å². The van der Waals surface area contributed by atoms with E-state index in [9.17, 15) is 40.7 Å². The smallest absolute Gasteiger partial charge is 0.368 e. The van der Waals surface area contributed by atoms with Crippen LogP contribution in [0, 0.1) is 0 Å². The van der Waals surface area contributed by atoms with Crippen molar-refractivity contribution in [2.75, 3.05) is 41.7 Å². The highest BCUT2D eigenvalue weighted by Crippen LogP contribution is 2.31. The van der Waals surface area contributed by atoms with Crippen LogP contribution >= 0.6 is 11.6 Å². The van der Waals surface area contributed by atoms with E-state index in [-0.39, 0.29) is 6.03 Å². The Bertz CT molecular complexity index is 1540. The Morgan fingerprint density at radius 2 is 1.48 bits per heavy atom. The first-order chi connectivity index (χ1) is 20.6. The lowest BCUT2D eigenvalue weighted by Crippen LogP contribution is -2.50. The summed E-state index contributed by atoms with van der Waals surface area (Å²) in [5.41, 5.74) is 10.9. The molecule has 0 spiro atoms. The van der Waals surface area contributed by atoms with E-state index in [0.717, 1.165) is 37.3 Å². The Morgan fingerprint density at radius 3 is 2.09 bits per heavy atom. The molecule has 2 amide bonds. The number of piperazine rings is 1. The first-order valence-electron chi connectivity index (χ1n) is 12.9. The number of aromatic nitrogens is 2. The summed E-state index contributed by atoms with van der Waals surface area (Å²) in [5, 5.41) is 7.05. The van der Waals surface area contributed by atoms with E-state index in [0.29, 0.717) is 29.9 Å². The van der Waals surface area contributed by atoms with Crippen molar-refractivity contribution in [2.24, 2.45) is 5.73 Å². The number of nitrogens with one attached hydrogen (secondary N) is 2. The zero-order valence-electron chi connectivity index (χ0n) is 22.6. The molecule has 234 valence electrons. The van der Waals surface area contributed by atoms with E-state index >= 15 is 0 Å². The van der Waals surface area contributed by atoms with Crippen LogP contribution in [0.3, 0.4) is 0 Å². The number of ketones is 2. The number of benzene rings is 2. The van der Waals surface area contributed by atoms with Crippen molar-refractivity contribution < 1.29 is 40.7 Å². The Balaban J connectivity index is 0.000000314. The standard InChI is InChI=1S/C23H24ClN7O.C4F6O2/c24-19-14-26-23-28-17-3-1-2-15(12-17)4-5-16-13-18(27-21(19)29-23)6-7-20(16)30-8-10-31(11-9-30)22(25)32;5-3(6,7)1(11)2(12)4(8,9)10/h1-3,6-7,12-14H,4-5,8-11H2,(H2,25,32)(H2,26,27,28,29);. The summed E-state index contributed by atoms with van der Waals surface area (Å²) in [6, 6.07) is 14.2. The molecule has 0 unspecified atom stereocenters. The van der Waals surface area contributed by atoms with Crippen molar-refractivity contribution in [3.63, 3.8) is 0 Å². The van der Waals surface area contributed by atoms with Gasteiger partial charge in [-0.25, -0.2) is 9.78 Å². The van der Waals surface area contributed by atoms with Crippen LogP contribution in [0.4, 0.5) is 60.0 Å². The van der Waals surface area contributed by atoms with Crippen LogP contribution in [-0.2, 0) is 22.4 Å². The number of hydrogen-bond acceptors (Lipinski definition) is 8. The summed E-state index contributed by atoms with van der Waals surface area (Å²) in [6.45, 7) is 2.76. The first kappa shape index (κ1) is 32.3. The Kier molecular flexibility index (Phi) is 9.51. The normalized spacial score (nSPS) is 14.8. The number of nitrogens with zero attached hydrogens (tertiary/aromatic N) is 4. The number of primary amides is 1. The van der Waals surface area contributed by atoms with Gasteiger partial charge in [-0.15, -0.1) is 0 Å². The molecule has 17 heteroatoms. The molecular formula is C27H24ClF6N7O3. The van der Waals surface area contributed by atoms with E-state index in [4.69, 9.17) is 17.3 Å². The lowest BCUT2D eigenvalue weighted by molar-refractivity contribution is -0.193. The highest BCUT2D eigenvalue weighted by atomic mass is 35.5. The van der Waals surface area contributed by atoms with E-state index in [2.05, 4.69) is 49.8 Å². The fourth-order valence-electron chi connectivity index (χ4n) is 4.46. The molecule has 44 heavy (non-hydrogen) atoms. The summed E-state index contributed by atoms with van der Waals surface area (Å²) in [6.07, 6.45) is -8.18. The molecule has 3 aromatic rings. The van der Waals surface area contributed by atoms with Crippen LogP contribution in [-0.4, -0.2) is 71.0 Å². The molecule has 4 N–H and O–H groups in total. The van der Waals surface area contributed by atoms with Gasteiger partial charge in [0.15, 0.2) is 5.82 Å². The van der Waals surface area contributed by atoms with Crippen molar-refractivity contribution in [2.45, 2.75) is 25.2 Å². The summed E-state index contributed by atoms with van der Waals surface area (Å²) in [4.78, 5) is 43.6. The van der Waals surface area contributed by atoms with Gasteiger partial charge in [-0.05, 0) is 54.3 Å². The van der Waals surface area contributed by atoms with Crippen LogP contribution in [0.5, 0.6) is 0 Å². The zero-order chi connectivity index (χ0) is 32.2. The maximum absolute atomic E-state index is 11.5. The third kappa shape index (κ3) is 8.06. The molecule has 1 aromatic heterocycles. The Morgan fingerprint density at radius 1 is 0.841 bits per heavy atom. The lowest BCUT2D eigenvalue weighted by Gasteiger charge is -2.36. The Hall–Kier alpha value is -4.60. The van der Waals surface area contributed by atoms with Crippen molar-refractivity contribution in [3.05, 3.63) is 64.8 Å². The summed E-state index contributed by atoms with van der Waals surface area (Å²) in [5.74, 6) is -5.78. The highest BCUT2D eigenvalue weighted by Gasteiger charge is 2.54. The van der Waals surface area contributed by atoms with Crippen molar-refractivity contribution in [3.8, 4) is 0 Å². The van der Waals surface area contributed by atoms with Crippen LogP contribution in [0.2, 0.25) is 5.02 Å². The number of alkyl halides is 6. The maximum atomic E-state index is 11.5. The number of fused-ring (bicyclic) bond motifs is 6. The molecule has 3 heterocycles. The molecule has 5 rings (SSSR count). The van der Waals surface area contributed by atoms with Crippen LogP contribution in [0.1, 0.15) is 11.1 Å². The predicted molar refractivity (Wildman–Crippen MR) is 149 cm³/mol. The number of halogens is 7. The average molecular weight is 644 g/mol. The van der Waals surface area contributed by atoms with Crippen molar-refractivity contribution in [1.82, 2.24) is 14.9 Å². The number of carbonyl (C=O) groups excluding carboxylic acids is 3. The number of hydrogen-bond donors (Lipinski definition) is 3. The SMILES string of the molecule is NC(=O)N1CCN(c2ccc3cc2CCc2cccc(c2)Nc2ncc(Cl)c(n2)N3)CC1.O=C(C(=O)C(F)(F)F)C(F)(F)F. The third-order valence-corrected chi connectivity index (χ3v) is 6.88. The average Bonchev–Trinajstić information content (AvgIpc) is 2.97. The minimum atomic E-state index is -5.77. The van der Waals surface area contributed by atoms with Gasteiger partial charge in [0.2, 0.25) is 5.95 Å². The minimum Gasteiger partial charge on any atom is -0.368 e. The van der Waals surface area contributed by atoms with Crippen molar-refractivity contribution in [1.29, 1.82) is 0 Å². The molecule has 0 atom stereocenters. The topological polar surface area (TPSA) is 134 Å². The fourth-order valence-corrected chi connectivity index (χ4v) is 4.60. The van der Waals surface area contributed by atoms with Crippen LogP contribution < -0.4 is 21.3 Å². The lowest BCUT2D eigenvalue weighted by atomic mass is 10.0. The number of nitrogens with two attached hydrogens (primary N) is 1. The second-order valence-electron chi connectivity index (χ2n) is 9.65. The molecule has 0 radical (unpaired) electrons. The Labute approximate surface area is 251 Å². The monoisotopic (exact) mass is 643 g/mol. The van der Waals surface area contributed by atoms with Crippen LogP contribution in [0.25, 0.3) is 0 Å². The molecule has 6 bridgehead atoms. The van der Waals surface area contributed by atoms with Gasteiger partial charge in [-0.1, -0.05) is 23.7 Å². The van der Waals surface area contributed by atoms with E-state index < -0.39 is 23.9 Å². The molecule has 0 saturated carbocycles. The van der Waals surface area contributed by atoms with Crippen molar-refractivity contribution >= 4 is 58.0 Å². The number of amides is 2. The minimum absolute atomic E-state index is 0.357. The number of carbonyl (C=O) groups is 3. The van der Waals surface area contributed by atoms with E-state index in [1.54, 1.807) is 11.1 Å². The van der Waals surface area contributed by atoms with E-state index in [1.807, 2.05) is 18.2 Å². The number of urea groups is 1. The molecule has 0 aliphatic carbocycles. The quantitative estimate of drug-likeness (QED) is 0.258. The van der Waals surface area contributed by atoms with Gasteiger partial charge in [-0.3, -0.25) is 9.59 Å². The fraction of sp³-hybridized carbons (Fsp3) is 0.296. The number of rotatable bonds is 2. The zero-order valence-corrected chi connectivity index (χ0v) is 23.4. The molecular weight excluding hydrogens is 620 g/mol. The van der Waals surface area contributed by atoms with Gasteiger partial charge in [0, 0.05) is 43.2 Å². The third-order valence-electron chi connectivity index (χ3n) is 6.61. The molecule has 2 aromatic carbocycles. The largest absolute Gasteiger partial charge is 0.458 e. The molecule has 1 fully saturated rings. The molecule has 10 nitrogen and oxygen atoms in total. The molecule has 1 saturated heterocycles. The highest BCUT2D eigenvalue weighted by molar-refractivity contribution is 6.41. The van der Waals surface area contributed by atoms with Crippen LogP contribution in [0.15, 0.2) is 48.7 Å². The summed E-state index contributed by atoms with van der Waals surface area (Å²) < 4.78 is 67.0. The van der Waals surface area contributed by atoms with Gasteiger partial charge < -0.3 is 26.2 Å². The molecule has 2 aliphatic heterocycles. The maximum Gasteiger partial charge on any atom is 0.458 e. The summed E-state index contributed by atoms with van der Waals surface area (Å²) >= 11 is 6.36. The number of anilines is 5.